The highest BCUT2D eigenvalue weighted by Crippen LogP contribution is 2.27. The lowest BCUT2D eigenvalue weighted by atomic mass is 10.1. The molecule has 0 fully saturated rings. The summed E-state index contributed by atoms with van der Waals surface area (Å²) in [6.45, 7) is 5.74. The van der Waals surface area contributed by atoms with Crippen LogP contribution in [-0.4, -0.2) is 16.1 Å². The smallest absolute Gasteiger partial charge is 0.338 e. The fraction of sp³-hybridized carbons (Fsp3) is 0.250. The topological polar surface area (TPSA) is 50.2 Å². The van der Waals surface area contributed by atoms with Crippen molar-refractivity contribution < 1.29 is 9.90 Å². The van der Waals surface area contributed by atoms with Crippen molar-refractivity contribution in [3.05, 3.63) is 58.3 Å². The van der Waals surface area contributed by atoms with Gasteiger partial charge in [0.25, 0.3) is 0 Å². The van der Waals surface area contributed by atoms with Crippen LogP contribution in [0.1, 0.15) is 32.7 Å². The SMILES string of the molecule is Cc1ccc(CSc2nc(C)cc(C)c2C(=O)O)cc1. The van der Waals surface area contributed by atoms with Crippen LogP contribution in [-0.2, 0) is 5.75 Å². The van der Waals surface area contributed by atoms with Crippen molar-refractivity contribution in [1.29, 1.82) is 0 Å². The first-order valence-electron chi connectivity index (χ1n) is 6.37. The summed E-state index contributed by atoms with van der Waals surface area (Å²) in [5.74, 6) is -0.197. The highest BCUT2D eigenvalue weighted by atomic mass is 32.2. The van der Waals surface area contributed by atoms with Gasteiger partial charge in [0.2, 0.25) is 0 Å². The standard InChI is InChI=1S/C16H17NO2S/c1-10-4-6-13(7-5-10)9-20-15-14(16(18)19)11(2)8-12(3)17-15/h4-8H,9H2,1-3H3,(H,18,19). The van der Waals surface area contributed by atoms with Gasteiger partial charge in [-0.3, -0.25) is 0 Å². The zero-order valence-electron chi connectivity index (χ0n) is 11.8. The third-order valence-electron chi connectivity index (χ3n) is 3.02. The van der Waals surface area contributed by atoms with Crippen molar-refractivity contribution in [2.24, 2.45) is 0 Å². The summed E-state index contributed by atoms with van der Waals surface area (Å²) < 4.78 is 0. The molecule has 0 aliphatic rings. The number of aryl methyl sites for hydroxylation is 3. The largest absolute Gasteiger partial charge is 0.478 e. The summed E-state index contributed by atoms with van der Waals surface area (Å²) in [5.41, 5.74) is 4.30. The van der Waals surface area contributed by atoms with Gasteiger partial charge in [-0.15, -0.1) is 11.8 Å². The number of carboxylic acids is 1. The highest BCUT2D eigenvalue weighted by molar-refractivity contribution is 7.98. The van der Waals surface area contributed by atoms with E-state index < -0.39 is 5.97 Å². The average Bonchev–Trinajstić information content (AvgIpc) is 2.36. The molecule has 1 heterocycles. The molecule has 3 nitrogen and oxygen atoms in total. The lowest BCUT2D eigenvalue weighted by Gasteiger charge is -2.09. The summed E-state index contributed by atoms with van der Waals surface area (Å²) in [4.78, 5) is 15.7. The monoisotopic (exact) mass is 287 g/mol. The fourth-order valence-corrected chi connectivity index (χ4v) is 3.10. The molecule has 0 aliphatic carbocycles. The van der Waals surface area contributed by atoms with E-state index in [2.05, 4.69) is 29.2 Å². The quantitative estimate of drug-likeness (QED) is 0.864. The van der Waals surface area contributed by atoms with Crippen molar-refractivity contribution in [1.82, 2.24) is 4.98 Å². The second-order valence-corrected chi connectivity index (χ2v) is 5.80. The minimum absolute atomic E-state index is 0.313. The number of hydrogen-bond acceptors (Lipinski definition) is 3. The Bertz CT molecular complexity index is 636. The third-order valence-corrected chi connectivity index (χ3v) is 4.07. The van der Waals surface area contributed by atoms with Crippen LogP contribution in [0.4, 0.5) is 0 Å². The van der Waals surface area contributed by atoms with E-state index in [0.717, 1.165) is 22.6 Å². The number of rotatable bonds is 4. The van der Waals surface area contributed by atoms with Gasteiger partial charge in [0, 0.05) is 11.4 Å². The van der Waals surface area contributed by atoms with Crippen LogP contribution in [0.5, 0.6) is 0 Å². The molecular formula is C16H17NO2S. The minimum atomic E-state index is -0.915. The second-order valence-electron chi connectivity index (χ2n) is 4.84. The number of aromatic nitrogens is 1. The van der Waals surface area contributed by atoms with E-state index in [1.807, 2.05) is 20.8 Å². The maximum atomic E-state index is 11.4. The van der Waals surface area contributed by atoms with Gasteiger partial charge >= 0.3 is 5.97 Å². The molecule has 1 N–H and O–H groups in total. The molecule has 4 heteroatoms. The molecule has 0 unspecified atom stereocenters. The molecule has 1 aromatic heterocycles. The number of nitrogens with zero attached hydrogens (tertiary/aromatic N) is 1. The summed E-state index contributed by atoms with van der Waals surface area (Å²) in [6, 6.07) is 10.0. The Morgan fingerprint density at radius 2 is 1.85 bits per heavy atom. The van der Waals surface area contributed by atoms with Crippen molar-refractivity contribution in [3.8, 4) is 0 Å². The van der Waals surface area contributed by atoms with Crippen molar-refractivity contribution in [3.63, 3.8) is 0 Å². The van der Waals surface area contributed by atoms with Crippen LogP contribution in [0.3, 0.4) is 0 Å². The van der Waals surface area contributed by atoms with Gasteiger partial charge < -0.3 is 5.11 Å². The number of thioether (sulfide) groups is 1. The zero-order chi connectivity index (χ0) is 14.7. The van der Waals surface area contributed by atoms with Crippen molar-refractivity contribution in [2.45, 2.75) is 31.6 Å². The maximum Gasteiger partial charge on any atom is 0.338 e. The molecule has 0 spiro atoms. The zero-order valence-corrected chi connectivity index (χ0v) is 12.6. The average molecular weight is 287 g/mol. The van der Waals surface area contributed by atoms with Crippen molar-refractivity contribution in [2.75, 3.05) is 0 Å². The Kier molecular flexibility index (Phi) is 4.45. The maximum absolute atomic E-state index is 11.4. The van der Waals surface area contributed by atoms with E-state index in [-0.39, 0.29) is 0 Å². The molecule has 0 aliphatic heterocycles. The van der Waals surface area contributed by atoms with Gasteiger partial charge in [-0.1, -0.05) is 29.8 Å². The molecule has 0 amide bonds. The normalized spacial score (nSPS) is 10.6. The van der Waals surface area contributed by atoms with E-state index >= 15 is 0 Å². The van der Waals surface area contributed by atoms with E-state index in [0.29, 0.717) is 10.6 Å². The van der Waals surface area contributed by atoms with E-state index in [1.165, 1.54) is 17.3 Å². The molecule has 0 saturated heterocycles. The predicted molar refractivity (Wildman–Crippen MR) is 81.4 cm³/mol. The number of pyridine rings is 1. The van der Waals surface area contributed by atoms with E-state index in [1.54, 1.807) is 6.07 Å². The molecule has 1 aromatic carbocycles. The van der Waals surface area contributed by atoms with Gasteiger partial charge in [-0.05, 0) is 38.0 Å². The van der Waals surface area contributed by atoms with Gasteiger partial charge in [-0.2, -0.15) is 0 Å². The summed E-state index contributed by atoms with van der Waals surface area (Å²) in [5, 5.41) is 9.91. The summed E-state index contributed by atoms with van der Waals surface area (Å²) >= 11 is 1.47. The Morgan fingerprint density at radius 1 is 1.20 bits per heavy atom. The summed E-state index contributed by atoms with van der Waals surface area (Å²) in [6.07, 6.45) is 0. The number of carboxylic acid groups (broad SMARTS) is 1. The number of aromatic carboxylic acids is 1. The van der Waals surface area contributed by atoms with Crippen LogP contribution in [0.15, 0.2) is 35.4 Å². The first-order valence-corrected chi connectivity index (χ1v) is 7.36. The van der Waals surface area contributed by atoms with Crippen LogP contribution < -0.4 is 0 Å². The molecule has 0 saturated carbocycles. The Hall–Kier alpha value is -1.81. The number of benzene rings is 1. The Labute approximate surface area is 123 Å². The minimum Gasteiger partial charge on any atom is -0.478 e. The molecule has 20 heavy (non-hydrogen) atoms. The fourth-order valence-electron chi connectivity index (χ4n) is 2.00. The third kappa shape index (κ3) is 3.39. The Morgan fingerprint density at radius 3 is 2.45 bits per heavy atom. The Balaban J connectivity index is 2.24. The first kappa shape index (κ1) is 14.6. The van der Waals surface area contributed by atoms with Crippen LogP contribution in [0.2, 0.25) is 0 Å². The summed E-state index contributed by atoms with van der Waals surface area (Å²) in [7, 11) is 0. The number of hydrogen-bond donors (Lipinski definition) is 1. The number of carbonyl (C=O) groups is 1. The van der Waals surface area contributed by atoms with Crippen molar-refractivity contribution >= 4 is 17.7 Å². The van der Waals surface area contributed by atoms with Gasteiger partial charge in [0.1, 0.15) is 5.03 Å². The molecule has 0 radical (unpaired) electrons. The lowest BCUT2D eigenvalue weighted by molar-refractivity contribution is 0.0691. The van der Waals surface area contributed by atoms with Crippen LogP contribution in [0.25, 0.3) is 0 Å². The highest BCUT2D eigenvalue weighted by Gasteiger charge is 2.16. The molecule has 0 bridgehead atoms. The van der Waals surface area contributed by atoms with Gasteiger partial charge in [-0.25, -0.2) is 9.78 Å². The van der Waals surface area contributed by atoms with Gasteiger partial charge in [0.15, 0.2) is 0 Å². The van der Waals surface area contributed by atoms with Crippen LogP contribution in [0, 0.1) is 20.8 Å². The second kappa shape index (κ2) is 6.09. The molecule has 0 atom stereocenters. The van der Waals surface area contributed by atoms with E-state index in [4.69, 9.17) is 0 Å². The molecule has 104 valence electrons. The van der Waals surface area contributed by atoms with E-state index in [9.17, 15) is 9.90 Å². The first-order chi connectivity index (χ1) is 9.47. The predicted octanol–water partition coefficient (Wildman–Crippen LogP) is 4.00. The molecular weight excluding hydrogens is 270 g/mol. The molecule has 2 rings (SSSR count). The lowest BCUT2D eigenvalue weighted by Crippen LogP contribution is -2.05. The van der Waals surface area contributed by atoms with Gasteiger partial charge in [0.05, 0.1) is 5.56 Å². The molecule has 2 aromatic rings. The van der Waals surface area contributed by atoms with Crippen LogP contribution >= 0.6 is 11.8 Å².